The molecular formula is C46H28BN5S2. The second-order valence-electron chi connectivity index (χ2n) is 13.9. The number of rotatable bonds is 5. The molecule has 3 aliphatic rings. The van der Waals surface area contributed by atoms with E-state index < -0.39 is 0 Å². The summed E-state index contributed by atoms with van der Waals surface area (Å²) in [5.41, 5.74) is 14.7. The summed E-state index contributed by atoms with van der Waals surface area (Å²) in [6.45, 7) is 0.165. The van der Waals surface area contributed by atoms with Gasteiger partial charge in [-0.2, -0.15) is 0 Å². The van der Waals surface area contributed by atoms with E-state index in [1.165, 1.54) is 47.3 Å². The zero-order valence-electron chi connectivity index (χ0n) is 28.8. The molecule has 0 unspecified atom stereocenters. The van der Waals surface area contributed by atoms with Crippen LogP contribution in [-0.4, -0.2) is 21.2 Å². The summed E-state index contributed by atoms with van der Waals surface area (Å²) in [5, 5.41) is 2.23. The zero-order valence-corrected chi connectivity index (χ0v) is 30.4. The summed E-state index contributed by atoms with van der Waals surface area (Å²) >= 11 is 3.81. The summed E-state index contributed by atoms with van der Waals surface area (Å²) < 4.78 is 2.38. The van der Waals surface area contributed by atoms with Gasteiger partial charge in [0.1, 0.15) is 0 Å². The largest absolute Gasteiger partial charge is 0.311 e. The summed E-state index contributed by atoms with van der Waals surface area (Å²) in [7, 11) is 0. The molecule has 0 fully saturated rings. The molecule has 0 bridgehead atoms. The van der Waals surface area contributed by atoms with E-state index in [4.69, 9.17) is 0 Å². The first-order valence-corrected chi connectivity index (χ1v) is 19.7. The molecule has 6 heterocycles. The van der Waals surface area contributed by atoms with Gasteiger partial charge in [-0.05, 0) is 113 Å². The van der Waals surface area contributed by atoms with Crippen molar-refractivity contribution in [3.8, 4) is 5.69 Å². The maximum absolute atomic E-state index is 4.47. The number of aromatic nitrogens is 3. The van der Waals surface area contributed by atoms with Gasteiger partial charge in [0.05, 0.1) is 11.0 Å². The molecule has 0 atom stereocenters. The van der Waals surface area contributed by atoms with Crippen molar-refractivity contribution < 1.29 is 0 Å². The van der Waals surface area contributed by atoms with Crippen LogP contribution in [-0.2, 0) is 0 Å². The molecule has 54 heavy (non-hydrogen) atoms. The number of para-hydroxylation sites is 2. The van der Waals surface area contributed by atoms with Crippen molar-refractivity contribution in [2.24, 2.45) is 0 Å². The molecule has 0 N–H and O–H groups in total. The maximum atomic E-state index is 4.47. The normalized spacial score (nSPS) is 13.3. The summed E-state index contributed by atoms with van der Waals surface area (Å²) in [5.74, 6) is 0. The number of hydrogen-bond donors (Lipinski definition) is 0. The average Bonchev–Trinajstić information content (AvgIpc) is 3.57. The number of anilines is 6. The predicted octanol–water partition coefficient (Wildman–Crippen LogP) is 10.3. The molecule has 9 aromatic rings. The van der Waals surface area contributed by atoms with Gasteiger partial charge in [0, 0.05) is 95.0 Å². The Hall–Kier alpha value is -6.22. The molecule has 0 radical (unpaired) electrons. The first-order chi connectivity index (χ1) is 26.8. The smallest absolute Gasteiger partial charge is 0.252 e. The second kappa shape index (κ2) is 11.6. The van der Waals surface area contributed by atoms with Gasteiger partial charge in [0.2, 0.25) is 0 Å². The number of fused-ring (bicyclic) bond motifs is 3. The third kappa shape index (κ3) is 4.32. The molecule has 5 nitrogen and oxygen atoms in total. The first-order valence-electron chi connectivity index (χ1n) is 18.1. The van der Waals surface area contributed by atoms with Crippen LogP contribution in [0.15, 0.2) is 190 Å². The van der Waals surface area contributed by atoms with Crippen LogP contribution in [0.25, 0.3) is 27.5 Å². The zero-order chi connectivity index (χ0) is 35.3. The fraction of sp³-hybridized carbons (Fsp3) is 0. The van der Waals surface area contributed by atoms with Crippen LogP contribution in [0.4, 0.5) is 34.1 Å². The highest BCUT2D eigenvalue weighted by atomic mass is 32.2. The van der Waals surface area contributed by atoms with Crippen LogP contribution in [0.2, 0.25) is 0 Å². The van der Waals surface area contributed by atoms with Crippen molar-refractivity contribution in [2.75, 3.05) is 9.80 Å². The predicted molar refractivity (Wildman–Crippen MR) is 225 cm³/mol. The molecule has 0 aliphatic carbocycles. The fourth-order valence-corrected chi connectivity index (χ4v) is 11.3. The molecule has 12 rings (SSSR count). The Labute approximate surface area is 321 Å². The standard InChI is InChI=1S/C46H28BN5S2/c1-3-9-29(10-4-1)50(30-11-5-2-6-12-30)31-17-19-32(20-18-31)51-38-13-7-15-40-44(38)47-45-39(51)14-8-16-41(45)54-43-26-33(25-42(53-40)46(43)47)52-36-21-23-48-27-34(36)35-28-49-24-22-37(35)52/h1-28H. The Balaban J connectivity index is 1.01. The molecule has 0 saturated carbocycles. The van der Waals surface area contributed by atoms with Gasteiger partial charge >= 0.3 is 0 Å². The van der Waals surface area contributed by atoms with E-state index in [1.807, 2.05) is 48.3 Å². The van der Waals surface area contributed by atoms with Gasteiger partial charge in [-0.3, -0.25) is 9.97 Å². The summed E-state index contributed by atoms with van der Waals surface area (Å²) in [6, 6.07) is 53.0. The molecule has 3 aliphatic heterocycles. The van der Waals surface area contributed by atoms with Crippen LogP contribution in [0, 0.1) is 0 Å². The van der Waals surface area contributed by atoms with Crippen molar-refractivity contribution in [3.05, 3.63) is 170 Å². The summed E-state index contributed by atoms with van der Waals surface area (Å²) in [4.78, 5) is 19.0. The van der Waals surface area contributed by atoms with E-state index in [0.29, 0.717) is 0 Å². The van der Waals surface area contributed by atoms with E-state index in [9.17, 15) is 0 Å². The van der Waals surface area contributed by atoms with Gasteiger partial charge in [0.25, 0.3) is 6.71 Å². The van der Waals surface area contributed by atoms with E-state index in [1.54, 1.807) is 0 Å². The Morgan fingerprint density at radius 3 is 1.52 bits per heavy atom. The minimum atomic E-state index is 0.165. The Morgan fingerprint density at radius 2 is 0.981 bits per heavy atom. The highest BCUT2D eigenvalue weighted by molar-refractivity contribution is 8.01. The molecule has 6 aromatic carbocycles. The van der Waals surface area contributed by atoms with Crippen molar-refractivity contribution in [1.82, 2.24) is 14.5 Å². The number of benzene rings is 6. The SMILES string of the molecule is c1ccc(N(c2ccccc2)c2ccc(N3c4cccc5c4B4c6c(cc(-n7c8ccncc8c8cnccc87)cc6Sc6cccc3c64)S5)cc2)cc1. The van der Waals surface area contributed by atoms with Gasteiger partial charge in [-0.15, -0.1) is 0 Å². The number of pyridine rings is 2. The molecule has 0 saturated heterocycles. The van der Waals surface area contributed by atoms with Crippen molar-refractivity contribution >= 4 is 103 Å². The van der Waals surface area contributed by atoms with Gasteiger partial charge < -0.3 is 14.4 Å². The van der Waals surface area contributed by atoms with Crippen LogP contribution in [0.1, 0.15) is 0 Å². The minimum Gasteiger partial charge on any atom is -0.311 e. The first kappa shape index (κ1) is 30.3. The quantitative estimate of drug-likeness (QED) is 0.165. The van der Waals surface area contributed by atoms with Gasteiger partial charge in [0.15, 0.2) is 0 Å². The Morgan fingerprint density at radius 1 is 0.463 bits per heavy atom. The monoisotopic (exact) mass is 725 g/mol. The number of hydrogen-bond acceptors (Lipinski definition) is 6. The lowest BCUT2D eigenvalue weighted by Crippen LogP contribution is -2.62. The van der Waals surface area contributed by atoms with Gasteiger partial charge in [-0.25, -0.2) is 0 Å². The minimum absolute atomic E-state index is 0.165. The third-order valence-electron chi connectivity index (χ3n) is 11.0. The topological polar surface area (TPSA) is 37.2 Å². The lowest BCUT2D eigenvalue weighted by Gasteiger charge is -2.43. The fourth-order valence-electron chi connectivity index (χ4n) is 8.80. The van der Waals surface area contributed by atoms with Crippen molar-refractivity contribution in [1.29, 1.82) is 0 Å². The Kier molecular flexibility index (Phi) is 6.53. The highest BCUT2D eigenvalue weighted by Gasteiger charge is 2.45. The molecule has 0 spiro atoms. The van der Waals surface area contributed by atoms with E-state index in [0.717, 1.165) is 50.2 Å². The third-order valence-corrected chi connectivity index (χ3v) is 13.3. The van der Waals surface area contributed by atoms with E-state index >= 15 is 0 Å². The number of nitrogens with zero attached hydrogens (tertiary/aromatic N) is 5. The summed E-state index contributed by atoms with van der Waals surface area (Å²) in [6.07, 6.45) is 7.69. The van der Waals surface area contributed by atoms with Crippen molar-refractivity contribution in [3.63, 3.8) is 0 Å². The second-order valence-corrected chi connectivity index (χ2v) is 16.0. The lowest BCUT2D eigenvalue weighted by atomic mass is 9.34. The molecule has 252 valence electrons. The molecular weight excluding hydrogens is 697 g/mol. The Bertz CT molecular complexity index is 2800. The van der Waals surface area contributed by atoms with Crippen LogP contribution >= 0.6 is 23.5 Å². The van der Waals surface area contributed by atoms with Crippen LogP contribution in [0.5, 0.6) is 0 Å². The van der Waals surface area contributed by atoms with E-state index in [2.05, 4.69) is 170 Å². The maximum Gasteiger partial charge on any atom is 0.252 e. The van der Waals surface area contributed by atoms with Crippen LogP contribution in [0.3, 0.4) is 0 Å². The molecule has 3 aromatic heterocycles. The van der Waals surface area contributed by atoms with Crippen LogP contribution < -0.4 is 26.2 Å². The molecule has 0 amide bonds. The highest BCUT2D eigenvalue weighted by Crippen LogP contribution is 2.48. The van der Waals surface area contributed by atoms with Crippen molar-refractivity contribution in [2.45, 2.75) is 19.6 Å². The van der Waals surface area contributed by atoms with Gasteiger partial charge in [-0.1, -0.05) is 72.1 Å². The lowest BCUT2D eigenvalue weighted by molar-refractivity contribution is 1.13. The molecule has 8 heteroatoms. The van der Waals surface area contributed by atoms with E-state index in [-0.39, 0.29) is 6.71 Å². The average molecular weight is 726 g/mol.